The van der Waals surface area contributed by atoms with Gasteiger partial charge in [0.25, 0.3) is 0 Å². The average Bonchev–Trinajstić information content (AvgIpc) is 2.60. The molecule has 6 nitrogen and oxygen atoms in total. The van der Waals surface area contributed by atoms with Crippen molar-refractivity contribution in [2.45, 2.75) is 39.2 Å². The van der Waals surface area contributed by atoms with Gasteiger partial charge in [0.15, 0.2) is 0 Å². The second-order valence-corrected chi connectivity index (χ2v) is 6.57. The van der Waals surface area contributed by atoms with Gasteiger partial charge in [-0.3, -0.25) is 19.4 Å². The summed E-state index contributed by atoms with van der Waals surface area (Å²) in [5.74, 6) is -0.775. The van der Waals surface area contributed by atoms with E-state index >= 15 is 0 Å². The number of piperidine rings is 1. The number of carboxylic acids is 1. The first-order valence-corrected chi connectivity index (χ1v) is 9.08. The number of aryl methyl sites for hydroxylation is 1. The third-order valence-electron chi connectivity index (χ3n) is 4.80. The summed E-state index contributed by atoms with van der Waals surface area (Å²) >= 11 is 0. The van der Waals surface area contributed by atoms with Crippen LogP contribution in [-0.2, 0) is 16.0 Å². The third kappa shape index (κ3) is 6.94. The largest absolute Gasteiger partial charge is 0.480 e. The predicted molar refractivity (Wildman–Crippen MR) is 106 cm³/mol. The van der Waals surface area contributed by atoms with Crippen molar-refractivity contribution >= 4 is 30.0 Å². The van der Waals surface area contributed by atoms with Crippen molar-refractivity contribution in [3.05, 3.63) is 29.8 Å². The molecule has 0 unspecified atom stereocenters. The molecule has 2 rings (SSSR count). The molecule has 1 saturated heterocycles. The minimum absolute atomic E-state index is 0. The molecule has 1 fully saturated rings. The maximum atomic E-state index is 12.3. The standard InChI is InChI=1S/C19H29N3O3.ClH/c1-3-15-6-5-7-16(12-15)20-18(23)13-21-10-8-17(9-11-21)22(4-2)14-19(24)25;/h5-7,12,17H,3-4,8-11,13-14H2,1-2H3,(H,20,23)(H,24,25);1H. The molecule has 7 heteroatoms. The Kier molecular flexibility index (Phi) is 9.62. The molecule has 1 aromatic carbocycles. The molecule has 1 aliphatic rings. The zero-order valence-electron chi connectivity index (χ0n) is 15.6. The van der Waals surface area contributed by atoms with Crippen LogP contribution in [-0.4, -0.2) is 65.5 Å². The number of hydrogen-bond donors (Lipinski definition) is 2. The van der Waals surface area contributed by atoms with Gasteiger partial charge < -0.3 is 10.4 Å². The van der Waals surface area contributed by atoms with E-state index in [1.54, 1.807) is 0 Å². The van der Waals surface area contributed by atoms with Crippen molar-refractivity contribution in [1.29, 1.82) is 0 Å². The van der Waals surface area contributed by atoms with E-state index in [4.69, 9.17) is 5.11 Å². The lowest BCUT2D eigenvalue weighted by Crippen LogP contribution is -2.48. The first-order valence-electron chi connectivity index (χ1n) is 9.08. The molecule has 1 aromatic rings. The fourth-order valence-corrected chi connectivity index (χ4v) is 3.39. The lowest BCUT2D eigenvalue weighted by Gasteiger charge is -2.37. The van der Waals surface area contributed by atoms with Crippen LogP contribution in [0.5, 0.6) is 0 Å². The number of likely N-dealkylation sites (N-methyl/N-ethyl adjacent to an activating group) is 1. The van der Waals surface area contributed by atoms with Crippen LogP contribution in [0.1, 0.15) is 32.3 Å². The summed E-state index contributed by atoms with van der Waals surface area (Å²) in [6, 6.07) is 8.23. The number of carbonyl (C=O) groups excluding carboxylic acids is 1. The van der Waals surface area contributed by atoms with Crippen LogP contribution >= 0.6 is 12.4 Å². The molecule has 0 aromatic heterocycles. The van der Waals surface area contributed by atoms with E-state index in [9.17, 15) is 9.59 Å². The summed E-state index contributed by atoms with van der Waals surface area (Å²) < 4.78 is 0. The highest BCUT2D eigenvalue weighted by Gasteiger charge is 2.25. The van der Waals surface area contributed by atoms with Crippen LogP contribution in [0.3, 0.4) is 0 Å². The van der Waals surface area contributed by atoms with Crippen molar-refractivity contribution < 1.29 is 14.7 Å². The zero-order valence-corrected chi connectivity index (χ0v) is 16.4. The van der Waals surface area contributed by atoms with E-state index in [1.165, 1.54) is 5.56 Å². The Morgan fingerprint density at radius 2 is 1.96 bits per heavy atom. The Balaban J connectivity index is 0.00000338. The monoisotopic (exact) mass is 383 g/mol. The van der Waals surface area contributed by atoms with Gasteiger partial charge in [0.2, 0.25) is 5.91 Å². The molecule has 146 valence electrons. The number of likely N-dealkylation sites (tertiary alicyclic amines) is 1. The summed E-state index contributed by atoms with van der Waals surface area (Å²) in [4.78, 5) is 27.3. The van der Waals surface area contributed by atoms with Crippen molar-refractivity contribution in [1.82, 2.24) is 9.80 Å². The SMILES string of the molecule is CCc1cccc(NC(=O)CN2CCC(N(CC)CC(=O)O)CC2)c1.Cl. The number of carbonyl (C=O) groups is 2. The number of aliphatic carboxylic acids is 1. The van der Waals surface area contributed by atoms with Crippen LogP contribution in [0.2, 0.25) is 0 Å². The number of anilines is 1. The molecule has 1 amide bonds. The second kappa shape index (κ2) is 11.2. The Bertz CT molecular complexity index is 589. The maximum Gasteiger partial charge on any atom is 0.317 e. The quantitative estimate of drug-likeness (QED) is 0.721. The fraction of sp³-hybridized carbons (Fsp3) is 0.579. The molecule has 0 aliphatic carbocycles. The van der Waals surface area contributed by atoms with E-state index in [1.807, 2.05) is 30.0 Å². The predicted octanol–water partition coefficient (Wildman–Crippen LogP) is 2.48. The van der Waals surface area contributed by atoms with Crippen LogP contribution in [0.25, 0.3) is 0 Å². The fourth-order valence-electron chi connectivity index (χ4n) is 3.39. The van der Waals surface area contributed by atoms with E-state index in [0.29, 0.717) is 12.6 Å². The van der Waals surface area contributed by atoms with Crippen molar-refractivity contribution in [3.8, 4) is 0 Å². The van der Waals surface area contributed by atoms with Crippen molar-refractivity contribution in [3.63, 3.8) is 0 Å². The van der Waals surface area contributed by atoms with Crippen LogP contribution in [0.4, 0.5) is 5.69 Å². The van der Waals surface area contributed by atoms with E-state index in [-0.39, 0.29) is 24.9 Å². The number of halogens is 1. The lowest BCUT2D eigenvalue weighted by atomic mass is 10.0. The van der Waals surface area contributed by atoms with Gasteiger partial charge in [0, 0.05) is 24.8 Å². The summed E-state index contributed by atoms with van der Waals surface area (Å²) in [6.07, 6.45) is 2.75. The average molecular weight is 384 g/mol. The molecule has 26 heavy (non-hydrogen) atoms. The molecule has 0 atom stereocenters. The maximum absolute atomic E-state index is 12.3. The number of rotatable bonds is 8. The molecule has 0 bridgehead atoms. The van der Waals surface area contributed by atoms with Gasteiger partial charge in [-0.05, 0) is 43.5 Å². The Morgan fingerprint density at radius 1 is 1.27 bits per heavy atom. The van der Waals surface area contributed by atoms with Gasteiger partial charge >= 0.3 is 5.97 Å². The molecule has 0 radical (unpaired) electrons. The Labute approximate surface area is 162 Å². The number of nitrogens with one attached hydrogen (secondary N) is 1. The van der Waals surface area contributed by atoms with E-state index < -0.39 is 5.97 Å². The third-order valence-corrected chi connectivity index (χ3v) is 4.80. The molecule has 1 aliphatic heterocycles. The molecular weight excluding hydrogens is 354 g/mol. The number of benzene rings is 1. The number of amides is 1. The van der Waals surface area contributed by atoms with Crippen LogP contribution in [0.15, 0.2) is 24.3 Å². The highest BCUT2D eigenvalue weighted by atomic mass is 35.5. The Morgan fingerprint density at radius 3 is 2.54 bits per heavy atom. The summed E-state index contributed by atoms with van der Waals surface area (Å²) in [5.41, 5.74) is 2.05. The molecule has 0 saturated carbocycles. The smallest absolute Gasteiger partial charge is 0.317 e. The second-order valence-electron chi connectivity index (χ2n) is 6.57. The minimum atomic E-state index is -0.780. The number of carboxylic acid groups (broad SMARTS) is 1. The molecule has 2 N–H and O–H groups in total. The minimum Gasteiger partial charge on any atom is -0.480 e. The summed E-state index contributed by atoms with van der Waals surface area (Å²) in [7, 11) is 0. The normalized spacial score (nSPS) is 15.5. The van der Waals surface area contributed by atoms with Crippen LogP contribution in [0, 0.1) is 0 Å². The van der Waals surface area contributed by atoms with Gasteiger partial charge in [-0.1, -0.05) is 26.0 Å². The molecule has 0 spiro atoms. The molecular formula is C19H30ClN3O3. The number of hydrogen-bond acceptors (Lipinski definition) is 4. The van der Waals surface area contributed by atoms with Crippen molar-refractivity contribution in [2.24, 2.45) is 0 Å². The first-order chi connectivity index (χ1) is 12.0. The summed E-state index contributed by atoms with van der Waals surface area (Å²) in [6.45, 7) is 6.95. The topological polar surface area (TPSA) is 72.9 Å². The Hall–Kier alpha value is -1.63. The van der Waals surface area contributed by atoms with Gasteiger partial charge in [-0.2, -0.15) is 0 Å². The van der Waals surface area contributed by atoms with E-state index in [2.05, 4.69) is 23.2 Å². The van der Waals surface area contributed by atoms with Crippen molar-refractivity contribution in [2.75, 3.05) is 38.0 Å². The first kappa shape index (κ1) is 22.4. The van der Waals surface area contributed by atoms with Gasteiger partial charge in [0.1, 0.15) is 0 Å². The highest BCUT2D eigenvalue weighted by Crippen LogP contribution is 2.17. The van der Waals surface area contributed by atoms with Gasteiger partial charge in [-0.25, -0.2) is 0 Å². The summed E-state index contributed by atoms with van der Waals surface area (Å²) in [5, 5.41) is 12.0. The van der Waals surface area contributed by atoms with E-state index in [0.717, 1.165) is 44.6 Å². The van der Waals surface area contributed by atoms with Gasteiger partial charge in [-0.15, -0.1) is 12.4 Å². The van der Waals surface area contributed by atoms with Gasteiger partial charge in [0.05, 0.1) is 13.1 Å². The zero-order chi connectivity index (χ0) is 18.2. The lowest BCUT2D eigenvalue weighted by molar-refractivity contribution is -0.139. The number of nitrogens with zero attached hydrogens (tertiary/aromatic N) is 2. The molecule has 1 heterocycles. The highest BCUT2D eigenvalue weighted by molar-refractivity contribution is 5.92. The van der Waals surface area contributed by atoms with Crippen LogP contribution < -0.4 is 5.32 Å².